The molecule has 0 spiro atoms. The minimum absolute atomic E-state index is 0.00466. The van der Waals surface area contributed by atoms with E-state index in [1.165, 1.54) is 4.90 Å². The fourth-order valence-electron chi connectivity index (χ4n) is 9.12. The number of fused-ring (bicyclic) bond motifs is 6. The molecule has 4 heterocycles. The van der Waals surface area contributed by atoms with Crippen LogP contribution in [0, 0.1) is 11.8 Å². The van der Waals surface area contributed by atoms with Gasteiger partial charge in [-0.1, -0.05) is 37.8 Å². The number of hydrogen-bond acceptors (Lipinski definition) is 11. The lowest BCUT2D eigenvalue weighted by Crippen LogP contribution is -2.58. The Morgan fingerprint density at radius 2 is 1.75 bits per heavy atom. The first-order chi connectivity index (χ1) is 27.5. The molecule has 4 fully saturated rings. The summed E-state index contributed by atoms with van der Waals surface area (Å²) < 4.78 is 46.1. The predicted molar refractivity (Wildman–Crippen MR) is 209 cm³/mol. The van der Waals surface area contributed by atoms with Crippen LogP contribution in [0.2, 0.25) is 0 Å². The van der Waals surface area contributed by atoms with Crippen molar-refractivity contribution in [2.75, 3.05) is 13.7 Å². The number of ether oxygens (including phenoxy) is 3. The van der Waals surface area contributed by atoms with Crippen LogP contribution in [-0.2, 0) is 35.6 Å². The Kier molecular flexibility index (Phi) is 11.3. The summed E-state index contributed by atoms with van der Waals surface area (Å²) in [6.45, 7) is 0.00466. The molecule has 6 aliphatic rings. The van der Waals surface area contributed by atoms with Crippen molar-refractivity contribution in [2.45, 2.75) is 144 Å². The summed E-state index contributed by atoms with van der Waals surface area (Å²) >= 11 is 0. The summed E-state index contributed by atoms with van der Waals surface area (Å²) in [6, 6.07) is 3.42. The molecule has 1 saturated heterocycles. The number of sulfonamides is 1. The van der Waals surface area contributed by atoms with E-state index >= 15 is 0 Å². The normalized spacial score (nSPS) is 32.0. The number of hydrogen-bond donors (Lipinski definition) is 3. The average molecular weight is 807 g/mol. The lowest BCUT2D eigenvalue weighted by atomic mass is 9.97. The Labute approximate surface area is 333 Å². The van der Waals surface area contributed by atoms with Gasteiger partial charge < -0.3 is 29.7 Å². The molecule has 15 nitrogen and oxygen atoms in total. The van der Waals surface area contributed by atoms with Crippen LogP contribution in [0.25, 0.3) is 11.0 Å². The molecule has 8 rings (SSSR count). The van der Waals surface area contributed by atoms with Gasteiger partial charge in [0.25, 0.3) is 5.91 Å². The maximum Gasteiger partial charge on any atom is 0.408 e. The zero-order valence-corrected chi connectivity index (χ0v) is 33.4. The number of aryl methyl sites for hydroxylation is 1. The number of allylic oxidation sites excluding steroid dienone is 1. The van der Waals surface area contributed by atoms with E-state index in [4.69, 9.17) is 24.2 Å². The molecular formula is C41H54N6O9S. The number of carbonyl (C=O) groups excluding carboxylic acids is 4. The van der Waals surface area contributed by atoms with E-state index < -0.39 is 68.7 Å². The second-order valence-electron chi connectivity index (χ2n) is 16.8. The average Bonchev–Trinajstić information content (AvgIpc) is 4.08. The van der Waals surface area contributed by atoms with Crippen LogP contribution in [0.4, 0.5) is 4.79 Å². The van der Waals surface area contributed by atoms with E-state index in [-0.39, 0.29) is 31.4 Å². The van der Waals surface area contributed by atoms with Crippen molar-refractivity contribution < 1.29 is 41.8 Å². The van der Waals surface area contributed by atoms with E-state index in [0.29, 0.717) is 66.9 Å². The molecule has 2 aromatic rings. The molecule has 1 aromatic heterocycles. The first kappa shape index (κ1) is 39.4. The number of carbonyl (C=O) groups is 4. The maximum atomic E-state index is 14.7. The summed E-state index contributed by atoms with van der Waals surface area (Å²) in [5.74, 6) is -1.08. The third kappa shape index (κ3) is 8.70. The molecule has 3 aliphatic carbocycles. The van der Waals surface area contributed by atoms with Crippen LogP contribution in [0.5, 0.6) is 11.6 Å². The Balaban J connectivity index is 1.14. The second kappa shape index (κ2) is 16.4. The molecule has 16 heteroatoms. The smallest absolute Gasteiger partial charge is 0.408 e. The minimum Gasteiger partial charge on any atom is -0.497 e. The highest BCUT2D eigenvalue weighted by atomic mass is 32.2. The van der Waals surface area contributed by atoms with Gasteiger partial charge in [0.15, 0.2) is 0 Å². The van der Waals surface area contributed by atoms with Gasteiger partial charge in [-0.2, -0.15) is 0 Å². The molecular weight excluding hydrogens is 753 g/mol. The Morgan fingerprint density at radius 1 is 0.947 bits per heavy atom. The van der Waals surface area contributed by atoms with Crippen molar-refractivity contribution in [3.05, 3.63) is 36.0 Å². The van der Waals surface area contributed by atoms with E-state index in [1.807, 2.05) is 24.3 Å². The quantitative estimate of drug-likeness (QED) is 0.372. The number of amides is 4. The highest BCUT2D eigenvalue weighted by Gasteiger charge is 2.62. The largest absolute Gasteiger partial charge is 0.497 e. The second-order valence-corrected chi connectivity index (χ2v) is 18.7. The number of aromatic nitrogens is 2. The number of rotatable bonds is 4. The standard InChI is InChI=1S/C41H54N6O9S/c1-54-27-17-20-30-33(21-27)43-37-31(42-30)14-9-5-6-11-25-12-10-16-35(25)56-40(51)44-32-15-8-4-2-3-7-13-26-23-41(26,39(50)46-57(52,53)29-18-19-29)45-36(48)34-22-28(55-37)24-47(34)38(32)49/h7,13,17,20-21,25-26,28-29,32,34-35H,2-6,8-12,14-16,18-19,22-24H2,1H3,(H,44,51)(H,45,48)(H,46,50)/b13-7-/t25-,26?,28-,32+,34+,35-,41-/m1/s1. The van der Waals surface area contributed by atoms with Crippen molar-refractivity contribution >= 4 is 44.9 Å². The molecule has 1 unspecified atom stereocenters. The molecule has 3 bridgehead atoms. The Bertz CT molecular complexity index is 2020. The predicted octanol–water partition coefficient (Wildman–Crippen LogP) is 4.37. The molecule has 0 radical (unpaired) electrons. The van der Waals surface area contributed by atoms with Gasteiger partial charge in [0.2, 0.25) is 27.7 Å². The number of nitrogens with one attached hydrogen (secondary N) is 3. The van der Waals surface area contributed by atoms with Gasteiger partial charge in [-0.25, -0.2) is 23.2 Å². The molecule has 57 heavy (non-hydrogen) atoms. The van der Waals surface area contributed by atoms with E-state index in [0.717, 1.165) is 57.8 Å². The van der Waals surface area contributed by atoms with Crippen LogP contribution in [-0.4, -0.2) is 95.8 Å². The molecule has 308 valence electrons. The lowest BCUT2D eigenvalue weighted by molar-refractivity contribution is -0.141. The van der Waals surface area contributed by atoms with E-state index in [1.54, 1.807) is 13.2 Å². The molecule has 3 saturated carbocycles. The van der Waals surface area contributed by atoms with E-state index in [2.05, 4.69) is 15.4 Å². The third-order valence-corrected chi connectivity index (χ3v) is 14.5. The number of benzene rings is 1. The van der Waals surface area contributed by atoms with Gasteiger partial charge in [-0.15, -0.1) is 0 Å². The maximum absolute atomic E-state index is 14.7. The zero-order valence-electron chi connectivity index (χ0n) is 32.6. The van der Waals surface area contributed by atoms with Crippen LogP contribution in [0.15, 0.2) is 30.4 Å². The summed E-state index contributed by atoms with van der Waals surface area (Å²) in [4.78, 5) is 67.9. The highest BCUT2D eigenvalue weighted by Crippen LogP contribution is 2.46. The third-order valence-electron chi connectivity index (χ3n) is 12.7. The first-order valence-corrected chi connectivity index (χ1v) is 22.4. The van der Waals surface area contributed by atoms with Gasteiger partial charge in [0, 0.05) is 18.4 Å². The van der Waals surface area contributed by atoms with Crippen molar-refractivity contribution in [2.24, 2.45) is 11.8 Å². The van der Waals surface area contributed by atoms with Gasteiger partial charge >= 0.3 is 6.09 Å². The summed E-state index contributed by atoms with van der Waals surface area (Å²) in [5, 5.41) is 5.18. The van der Waals surface area contributed by atoms with Crippen LogP contribution < -0.4 is 24.8 Å². The number of alkyl carbamates (subject to hydrolysis) is 1. The summed E-state index contributed by atoms with van der Waals surface area (Å²) in [6.07, 6.45) is 13.8. The molecule has 1 aromatic carbocycles. The van der Waals surface area contributed by atoms with Crippen LogP contribution >= 0.6 is 0 Å². The summed E-state index contributed by atoms with van der Waals surface area (Å²) in [7, 11) is -2.31. The van der Waals surface area contributed by atoms with E-state index in [9.17, 15) is 27.6 Å². The topological polar surface area (TPSA) is 195 Å². The highest BCUT2D eigenvalue weighted by molar-refractivity contribution is 7.91. The van der Waals surface area contributed by atoms with Crippen molar-refractivity contribution in [3.8, 4) is 11.6 Å². The molecule has 4 amide bonds. The zero-order chi connectivity index (χ0) is 39.7. The fraction of sp³-hybridized carbons (Fsp3) is 0.659. The Hall–Kier alpha value is -4.47. The molecule has 3 N–H and O–H groups in total. The van der Waals surface area contributed by atoms with Gasteiger partial charge in [-0.3, -0.25) is 19.1 Å². The minimum atomic E-state index is -3.89. The lowest BCUT2D eigenvalue weighted by Gasteiger charge is -2.30. The fourth-order valence-corrected chi connectivity index (χ4v) is 10.5. The van der Waals surface area contributed by atoms with Crippen molar-refractivity contribution in [3.63, 3.8) is 0 Å². The number of nitrogens with zero attached hydrogens (tertiary/aromatic N) is 3. The Morgan fingerprint density at radius 3 is 2.58 bits per heavy atom. The molecule has 3 aliphatic heterocycles. The molecule has 7 atom stereocenters. The first-order valence-electron chi connectivity index (χ1n) is 20.9. The SMILES string of the molecule is COc1ccc2nc3c(nc2c1)O[C@@H]1C[C@H]2C(=O)N[C@]4(C(=O)NS(=O)(=O)C5CC5)CC4/C=C\CCCCC[C@H](NC(=O)O[C@@H]4CCC[C@H]4CCCCC3)C(=O)N2C1. The summed E-state index contributed by atoms with van der Waals surface area (Å²) in [5.41, 5.74) is 0.458. The van der Waals surface area contributed by atoms with Crippen LogP contribution in [0.3, 0.4) is 0 Å². The van der Waals surface area contributed by atoms with Crippen molar-refractivity contribution in [1.29, 1.82) is 0 Å². The van der Waals surface area contributed by atoms with Gasteiger partial charge in [-0.05, 0) is 95.1 Å². The van der Waals surface area contributed by atoms with Gasteiger partial charge in [0.05, 0.1) is 29.9 Å². The van der Waals surface area contributed by atoms with Crippen molar-refractivity contribution in [1.82, 2.24) is 30.2 Å². The van der Waals surface area contributed by atoms with Gasteiger partial charge in [0.1, 0.15) is 41.3 Å². The van der Waals surface area contributed by atoms with Crippen LogP contribution in [0.1, 0.15) is 108 Å². The number of methoxy groups -OCH3 is 1. The monoisotopic (exact) mass is 806 g/mol.